The van der Waals surface area contributed by atoms with Crippen molar-refractivity contribution in [3.05, 3.63) is 77.7 Å². The Morgan fingerprint density at radius 1 is 0.842 bits per heavy atom. The highest BCUT2D eigenvalue weighted by atomic mass is 31.2. The van der Waals surface area contributed by atoms with Crippen molar-refractivity contribution in [2.24, 2.45) is 0 Å². The number of ether oxygens (including phenoxy) is 2. The second-order valence-corrected chi connectivity index (χ2v) is 16.3. The Balaban J connectivity index is 1.48. The van der Waals surface area contributed by atoms with E-state index in [1.165, 1.54) is 49.5 Å². The molecule has 0 spiro atoms. The molecule has 2 heterocycles. The van der Waals surface area contributed by atoms with Crippen LogP contribution in [0.15, 0.2) is 60.8 Å². The summed E-state index contributed by atoms with van der Waals surface area (Å²) in [7, 11) is -9.27. The van der Waals surface area contributed by atoms with Gasteiger partial charge in [0.05, 0.1) is 24.9 Å². The Labute approximate surface area is 323 Å². The van der Waals surface area contributed by atoms with Crippen molar-refractivity contribution in [2.75, 3.05) is 30.0 Å². The number of nitrogens with one attached hydrogen (secondary N) is 2. The highest BCUT2D eigenvalue weighted by Gasteiger charge is 2.46. The van der Waals surface area contributed by atoms with Gasteiger partial charge in [0.1, 0.15) is 28.9 Å². The molecular formula is C33H39N9O13P2. The molecule has 22 nitrogen and oxygen atoms in total. The van der Waals surface area contributed by atoms with Gasteiger partial charge in [0.2, 0.25) is 11.9 Å². The summed E-state index contributed by atoms with van der Waals surface area (Å²) in [6.07, 6.45) is -0.952. The number of rotatable bonds is 17. The SMILES string of the molecule is CCOC(=O)C(CC(P(=O)(O)O)P(=O)(O)O)NC(=O)CCC(NC(=O)c1ccc(N(C)Cc2ncc3nc(N)nc(N)c3n2)cc1)C(=O)OC(=O)c1ccccc1. The van der Waals surface area contributed by atoms with Crippen molar-refractivity contribution < 1.29 is 62.2 Å². The summed E-state index contributed by atoms with van der Waals surface area (Å²) in [5, 5.41) is 1.87. The summed E-state index contributed by atoms with van der Waals surface area (Å²) in [5.74, 6) is -5.00. The first-order valence-electron chi connectivity index (χ1n) is 16.8. The molecule has 2 amide bonds. The molecule has 57 heavy (non-hydrogen) atoms. The van der Waals surface area contributed by atoms with Gasteiger partial charge in [-0.2, -0.15) is 4.98 Å². The maximum atomic E-state index is 13.4. The summed E-state index contributed by atoms with van der Waals surface area (Å²) < 4.78 is 33.5. The van der Waals surface area contributed by atoms with Crippen molar-refractivity contribution in [3.8, 4) is 0 Å². The number of esters is 3. The summed E-state index contributed by atoms with van der Waals surface area (Å²) >= 11 is 0. The molecule has 0 aliphatic rings. The Bertz CT molecular complexity index is 2200. The van der Waals surface area contributed by atoms with Gasteiger partial charge < -0.3 is 56.0 Å². The maximum Gasteiger partial charge on any atom is 0.345 e. The van der Waals surface area contributed by atoms with Crippen LogP contribution in [-0.4, -0.2) is 100 Å². The molecule has 0 saturated carbocycles. The van der Waals surface area contributed by atoms with Crippen LogP contribution in [0.1, 0.15) is 52.7 Å². The van der Waals surface area contributed by atoms with Crippen LogP contribution < -0.4 is 27.0 Å². The third-order valence-corrected chi connectivity index (χ3v) is 11.8. The zero-order valence-electron chi connectivity index (χ0n) is 30.3. The van der Waals surface area contributed by atoms with Gasteiger partial charge in [-0.3, -0.25) is 18.7 Å². The fourth-order valence-corrected chi connectivity index (χ4v) is 7.76. The first-order valence-corrected chi connectivity index (χ1v) is 20.2. The number of benzene rings is 2. The fourth-order valence-electron chi connectivity index (χ4n) is 5.22. The summed E-state index contributed by atoms with van der Waals surface area (Å²) in [6.45, 7) is 1.33. The number of anilines is 3. The zero-order chi connectivity index (χ0) is 42.1. The van der Waals surface area contributed by atoms with Crippen LogP contribution in [0, 0.1) is 0 Å². The second kappa shape index (κ2) is 18.8. The van der Waals surface area contributed by atoms with Gasteiger partial charge in [-0.1, -0.05) is 18.2 Å². The van der Waals surface area contributed by atoms with Gasteiger partial charge in [0, 0.05) is 31.1 Å². The minimum absolute atomic E-state index is 0.00547. The minimum Gasteiger partial charge on any atom is -0.464 e. The molecular weight excluding hydrogens is 792 g/mol. The number of nitrogen functional groups attached to an aromatic ring is 2. The van der Waals surface area contributed by atoms with Gasteiger partial charge in [-0.05, 0) is 49.7 Å². The van der Waals surface area contributed by atoms with Crippen LogP contribution >= 0.6 is 15.2 Å². The number of hydrogen-bond acceptors (Lipinski definition) is 16. The second-order valence-electron chi connectivity index (χ2n) is 12.3. The molecule has 2 atom stereocenters. The summed E-state index contributed by atoms with van der Waals surface area (Å²) in [6, 6.07) is 9.88. The lowest BCUT2D eigenvalue weighted by molar-refractivity contribution is -0.147. The zero-order valence-corrected chi connectivity index (χ0v) is 32.1. The molecule has 0 bridgehead atoms. The summed E-state index contributed by atoms with van der Waals surface area (Å²) in [5.41, 5.74) is 12.9. The Morgan fingerprint density at radius 3 is 2.11 bits per heavy atom. The highest BCUT2D eigenvalue weighted by molar-refractivity contribution is 7.70. The first-order chi connectivity index (χ1) is 26.8. The average molecular weight is 832 g/mol. The number of hydrogen-bond donors (Lipinski definition) is 8. The quantitative estimate of drug-likeness (QED) is 0.0410. The van der Waals surface area contributed by atoms with E-state index in [0.29, 0.717) is 22.5 Å². The largest absolute Gasteiger partial charge is 0.464 e. The van der Waals surface area contributed by atoms with E-state index in [1.807, 2.05) is 0 Å². The molecule has 2 aromatic heterocycles. The van der Waals surface area contributed by atoms with E-state index >= 15 is 0 Å². The third kappa shape index (κ3) is 12.3. The van der Waals surface area contributed by atoms with Crippen molar-refractivity contribution in [1.29, 1.82) is 0 Å². The molecule has 4 rings (SSSR count). The topological polar surface area (TPSA) is 350 Å². The lowest BCUT2D eigenvalue weighted by Crippen LogP contribution is -2.46. The molecule has 10 N–H and O–H groups in total. The van der Waals surface area contributed by atoms with Crippen LogP contribution in [0.25, 0.3) is 11.0 Å². The van der Waals surface area contributed by atoms with Crippen molar-refractivity contribution in [3.63, 3.8) is 0 Å². The van der Waals surface area contributed by atoms with E-state index in [-0.39, 0.29) is 36.0 Å². The number of nitrogens with two attached hydrogens (primary N) is 2. The number of carbonyl (C=O) groups is 5. The van der Waals surface area contributed by atoms with E-state index in [9.17, 15) is 52.7 Å². The fraction of sp³-hybridized carbons (Fsp3) is 0.303. The standard InChI is InChI=1S/C33H39N9O13P2/c1-3-54-31(46)22(15-26(56(48,49)50)57(51,52)53)37-25(43)14-13-21(32(47)55-30(45)19-7-5-4-6-8-19)38-29(44)18-9-11-20(12-10-18)42(2)17-24-36-16-23-27(40-24)28(34)41-33(35)39-23/h4-12,16,21-22,26H,3,13-15,17H2,1-2H3,(H,37,43)(H,38,44)(H2,48,49,50)(H2,51,52,53)(H4,34,35,39,41). The normalized spacial score (nSPS) is 12.7. The average Bonchev–Trinajstić information content (AvgIpc) is 3.14. The molecule has 24 heteroatoms. The van der Waals surface area contributed by atoms with Crippen molar-refractivity contribution in [2.45, 2.75) is 50.2 Å². The maximum absolute atomic E-state index is 13.4. The van der Waals surface area contributed by atoms with Gasteiger partial charge in [-0.25, -0.2) is 29.3 Å². The van der Waals surface area contributed by atoms with E-state index < -0.39 is 81.7 Å². The number of aromatic nitrogens is 4. The van der Waals surface area contributed by atoms with Crippen LogP contribution in [0.4, 0.5) is 17.5 Å². The van der Waals surface area contributed by atoms with E-state index in [2.05, 4.69) is 30.6 Å². The highest BCUT2D eigenvalue weighted by Crippen LogP contribution is 2.61. The Hall–Kier alpha value is -5.89. The van der Waals surface area contributed by atoms with Crippen LogP contribution in [0.2, 0.25) is 0 Å². The Morgan fingerprint density at radius 2 is 1.49 bits per heavy atom. The Kier molecular flexibility index (Phi) is 14.5. The van der Waals surface area contributed by atoms with E-state index in [0.717, 1.165) is 0 Å². The lowest BCUT2D eigenvalue weighted by atomic mass is 10.1. The molecule has 304 valence electrons. The first kappa shape index (κ1) is 43.8. The number of fused-ring (bicyclic) bond motifs is 1. The smallest absolute Gasteiger partial charge is 0.345 e. The molecule has 0 saturated heterocycles. The number of nitrogens with zero attached hydrogens (tertiary/aromatic N) is 5. The van der Waals surface area contributed by atoms with Gasteiger partial charge >= 0.3 is 33.1 Å². The van der Waals surface area contributed by atoms with Gasteiger partial charge in [0.15, 0.2) is 11.2 Å². The molecule has 2 aromatic carbocycles. The van der Waals surface area contributed by atoms with Crippen LogP contribution in [-0.2, 0) is 39.5 Å². The van der Waals surface area contributed by atoms with Gasteiger partial charge in [0.25, 0.3) is 5.91 Å². The minimum atomic E-state index is -5.50. The third-order valence-electron chi connectivity index (χ3n) is 8.06. The molecule has 0 aliphatic heterocycles. The monoisotopic (exact) mass is 831 g/mol. The lowest BCUT2D eigenvalue weighted by Gasteiger charge is -2.24. The summed E-state index contributed by atoms with van der Waals surface area (Å²) in [4.78, 5) is 121. The number of amides is 2. The molecule has 0 radical (unpaired) electrons. The van der Waals surface area contributed by atoms with E-state index in [1.54, 1.807) is 30.1 Å². The molecule has 4 aromatic rings. The van der Waals surface area contributed by atoms with Crippen molar-refractivity contribution in [1.82, 2.24) is 30.6 Å². The van der Waals surface area contributed by atoms with Crippen LogP contribution in [0.3, 0.4) is 0 Å². The predicted octanol–water partition coefficient (Wildman–Crippen LogP) is 0.602. The molecule has 0 fully saturated rings. The molecule has 0 aliphatic carbocycles. The molecule has 2 unspecified atom stereocenters. The van der Waals surface area contributed by atoms with E-state index in [4.69, 9.17) is 20.9 Å². The van der Waals surface area contributed by atoms with Crippen molar-refractivity contribution >= 4 is 73.4 Å². The van der Waals surface area contributed by atoms with Crippen LogP contribution in [0.5, 0.6) is 0 Å². The predicted molar refractivity (Wildman–Crippen MR) is 201 cm³/mol. The van der Waals surface area contributed by atoms with Gasteiger partial charge in [-0.15, -0.1) is 0 Å². The number of carbonyl (C=O) groups excluding carboxylic acids is 5.